The maximum absolute atomic E-state index is 13.3. The van der Waals surface area contributed by atoms with Crippen molar-refractivity contribution in [3.63, 3.8) is 0 Å². The maximum atomic E-state index is 13.3. The van der Waals surface area contributed by atoms with Crippen molar-refractivity contribution >= 4 is 46.4 Å². The Morgan fingerprint density at radius 3 is 2.27 bits per heavy atom. The molecule has 4 rings (SSSR count). The molecule has 10 heteroatoms. The Labute approximate surface area is 218 Å². The largest absolute Gasteiger partial charge is 0.497 e. The number of nitrogens with one attached hydrogen (secondary N) is 2. The van der Waals surface area contributed by atoms with E-state index in [2.05, 4.69) is 10.6 Å². The second-order valence-electron chi connectivity index (χ2n) is 7.98. The summed E-state index contributed by atoms with van der Waals surface area (Å²) in [5.41, 5.74) is 2.10. The molecule has 1 aliphatic rings. The molecule has 0 saturated carbocycles. The molecule has 0 aromatic heterocycles. The van der Waals surface area contributed by atoms with Crippen LogP contribution in [0.25, 0.3) is 0 Å². The topological polar surface area (TPSA) is 106 Å². The minimum Gasteiger partial charge on any atom is -0.497 e. The first-order valence-corrected chi connectivity index (χ1v) is 11.5. The fourth-order valence-corrected chi connectivity index (χ4v) is 3.99. The number of ether oxygens (including phenoxy) is 3. The Balaban J connectivity index is 1.61. The normalized spacial score (nSPS) is 13.1. The molecular formula is C27H24ClN3O6. The van der Waals surface area contributed by atoms with Crippen molar-refractivity contribution in [3.8, 4) is 17.2 Å². The number of amides is 3. The Bertz CT molecular complexity index is 1440. The number of para-hydroxylation sites is 2. The van der Waals surface area contributed by atoms with Crippen molar-refractivity contribution in [2.75, 3.05) is 36.9 Å². The highest BCUT2D eigenvalue weighted by atomic mass is 35.5. The van der Waals surface area contributed by atoms with E-state index in [0.717, 1.165) is 10.5 Å². The first-order valence-electron chi connectivity index (χ1n) is 11.1. The van der Waals surface area contributed by atoms with Gasteiger partial charge in [0.15, 0.2) is 0 Å². The summed E-state index contributed by atoms with van der Waals surface area (Å²) in [5.74, 6) is -0.482. The van der Waals surface area contributed by atoms with Gasteiger partial charge >= 0.3 is 0 Å². The van der Waals surface area contributed by atoms with Gasteiger partial charge in [0.05, 0.1) is 32.7 Å². The number of hydrogen-bond donors (Lipinski definition) is 2. The summed E-state index contributed by atoms with van der Waals surface area (Å²) >= 11 is 6.31. The summed E-state index contributed by atoms with van der Waals surface area (Å²) in [6, 6.07) is 16.7. The Morgan fingerprint density at radius 1 is 0.838 bits per heavy atom. The zero-order chi connectivity index (χ0) is 26.7. The standard InChI is InChI=1S/C27H24ClN3O6/c1-15-9-10-16(25(32)30-18-7-5-6-8-21(18)36-3)13-19(15)29-24-23(28)26(33)31(27(24)34)20-12-11-17(35-2)14-22(20)37-4/h5-14,29H,1-4H3,(H,30,32). The molecule has 0 radical (unpaired) electrons. The first-order chi connectivity index (χ1) is 17.8. The summed E-state index contributed by atoms with van der Waals surface area (Å²) in [5, 5.41) is 5.47. The van der Waals surface area contributed by atoms with Crippen LogP contribution in [-0.2, 0) is 9.59 Å². The zero-order valence-corrected chi connectivity index (χ0v) is 21.3. The Kier molecular flexibility index (Phi) is 7.35. The lowest BCUT2D eigenvalue weighted by Gasteiger charge is -2.19. The fraction of sp³-hybridized carbons (Fsp3) is 0.148. The highest BCUT2D eigenvalue weighted by Gasteiger charge is 2.40. The van der Waals surface area contributed by atoms with Crippen LogP contribution in [0.4, 0.5) is 17.1 Å². The molecule has 3 aromatic carbocycles. The monoisotopic (exact) mass is 521 g/mol. The third-order valence-corrected chi connectivity index (χ3v) is 6.12. The highest BCUT2D eigenvalue weighted by molar-refractivity contribution is 6.53. The molecule has 9 nitrogen and oxygen atoms in total. The van der Waals surface area contributed by atoms with Crippen molar-refractivity contribution in [1.82, 2.24) is 0 Å². The summed E-state index contributed by atoms with van der Waals surface area (Å²) < 4.78 is 15.8. The number of nitrogens with zero attached hydrogens (tertiary/aromatic N) is 1. The summed E-state index contributed by atoms with van der Waals surface area (Å²) in [6.07, 6.45) is 0. The average molecular weight is 522 g/mol. The maximum Gasteiger partial charge on any atom is 0.283 e. The van der Waals surface area contributed by atoms with E-state index in [4.69, 9.17) is 25.8 Å². The Hall–Kier alpha value is -4.50. The van der Waals surface area contributed by atoms with Gasteiger partial charge in [-0.05, 0) is 48.9 Å². The van der Waals surface area contributed by atoms with Crippen molar-refractivity contribution in [2.45, 2.75) is 6.92 Å². The van der Waals surface area contributed by atoms with E-state index in [1.54, 1.807) is 61.5 Å². The first kappa shape index (κ1) is 25.6. The Morgan fingerprint density at radius 2 is 1.57 bits per heavy atom. The molecule has 0 fully saturated rings. The smallest absolute Gasteiger partial charge is 0.283 e. The SMILES string of the molecule is COc1ccc(N2C(=O)C(Cl)=C(Nc3cc(C(=O)Nc4ccccc4OC)ccc3C)C2=O)c(OC)c1. The lowest BCUT2D eigenvalue weighted by molar-refractivity contribution is -0.120. The molecule has 1 aliphatic heterocycles. The molecule has 190 valence electrons. The van der Waals surface area contributed by atoms with Gasteiger partial charge in [0.2, 0.25) is 0 Å². The molecule has 0 saturated heterocycles. The number of benzene rings is 3. The third-order valence-electron chi connectivity index (χ3n) is 5.77. The van der Waals surface area contributed by atoms with Gasteiger partial charge in [-0.1, -0.05) is 29.8 Å². The van der Waals surface area contributed by atoms with E-state index in [0.29, 0.717) is 28.4 Å². The number of rotatable bonds is 8. The van der Waals surface area contributed by atoms with Crippen molar-refractivity contribution in [2.24, 2.45) is 0 Å². The molecule has 0 atom stereocenters. The second kappa shape index (κ2) is 10.6. The second-order valence-corrected chi connectivity index (χ2v) is 8.36. The van der Waals surface area contributed by atoms with E-state index in [1.165, 1.54) is 27.4 Å². The number of hydrogen-bond acceptors (Lipinski definition) is 7. The minimum atomic E-state index is -0.708. The van der Waals surface area contributed by atoms with E-state index in [1.807, 2.05) is 0 Å². The van der Waals surface area contributed by atoms with Crippen LogP contribution in [0.5, 0.6) is 17.2 Å². The number of methoxy groups -OCH3 is 3. The van der Waals surface area contributed by atoms with Crippen LogP contribution < -0.4 is 29.7 Å². The van der Waals surface area contributed by atoms with Crippen molar-refractivity contribution in [1.29, 1.82) is 0 Å². The molecule has 2 N–H and O–H groups in total. The highest BCUT2D eigenvalue weighted by Crippen LogP contribution is 2.38. The van der Waals surface area contributed by atoms with Gasteiger partial charge in [0.25, 0.3) is 17.7 Å². The molecule has 0 bridgehead atoms. The third kappa shape index (κ3) is 4.94. The van der Waals surface area contributed by atoms with E-state index in [9.17, 15) is 14.4 Å². The average Bonchev–Trinajstić information content (AvgIpc) is 3.12. The van der Waals surface area contributed by atoms with Gasteiger partial charge in [-0.15, -0.1) is 0 Å². The summed E-state index contributed by atoms with van der Waals surface area (Å²) in [4.78, 5) is 40.2. The number of carbonyl (C=O) groups excluding carboxylic acids is 3. The number of carbonyl (C=O) groups is 3. The van der Waals surface area contributed by atoms with Gasteiger partial charge in [0, 0.05) is 17.3 Å². The van der Waals surface area contributed by atoms with Gasteiger partial charge in [-0.25, -0.2) is 4.90 Å². The van der Waals surface area contributed by atoms with Crippen LogP contribution in [0.3, 0.4) is 0 Å². The van der Waals surface area contributed by atoms with Gasteiger partial charge in [-0.2, -0.15) is 0 Å². The van der Waals surface area contributed by atoms with E-state index in [-0.39, 0.29) is 28.1 Å². The van der Waals surface area contributed by atoms with Crippen molar-refractivity contribution < 1.29 is 28.6 Å². The predicted octanol–water partition coefficient (Wildman–Crippen LogP) is 4.71. The number of halogens is 1. The van der Waals surface area contributed by atoms with Crippen molar-refractivity contribution in [3.05, 3.63) is 82.5 Å². The molecule has 0 aliphatic carbocycles. The molecule has 0 unspecified atom stereocenters. The van der Waals surface area contributed by atoms with E-state index >= 15 is 0 Å². The molecule has 0 spiro atoms. The lowest BCUT2D eigenvalue weighted by Crippen LogP contribution is -2.32. The number of imide groups is 1. The van der Waals surface area contributed by atoms with E-state index < -0.39 is 11.8 Å². The van der Waals surface area contributed by atoms with Crippen LogP contribution in [0.1, 0.15) is 15.9 Å². The molecule has 37 heavy (non-hydrogen) atoms. The van der Waals surface area contributed by atoms with Gasteiger partial charge < -0.3 is 24.8 Å². The number of aryl methyl sites for hydroxylation is 1. The molecule has 3 amide bonds. The van der Waals surface area contributed by atoms with Crippen LogP contribution in [-0.4, -0.2) is 39.1 Å². The van der Waals surface area contributed by atoms with Crippen LogP contribution in [0.2, 0.25) is 0 Å². The van der Waals surface area contributed by atoms with Gasteiger partial charge in [-0.3, -0.25) is 14.4 Å². The molecule has 1 heterocycles. The lowest BCUT2D eigenvalue weighted by atomic mass is 10.1. The van der Waals surface area contributed by atoms with Crippen LogP contribution >= 0.6 is 11.6 Å². The fourth-order valence-electron chi connectivity index (χ4n) is 3.77. The quantitative estimate of drug-likeness (QED) is 0.413. The number of anilines is 3. The summed E-state index contributed by atoms with van der Waals surface area (Å²) in [7, 11) is 4.43. The predicted molar refractivity (Wildman–Crippen MR) is 141 cm³/mol. The van der Waals surface area contributed by atoms with Crippen LogP contribution in [0, 0.1) is 6.92 Å². The van der Waals surface area contributed by atoms with Gasteiger partial charge in [0.1, 0.15) is 28.0 Å². The summed E-state index contributed by atoms with van der Waals surface area (Å²) in [6.45, 7) is 1.80. The van der Waals surface area contributed by atoms with Crippen LogP contribution in [0.15, 0.2) is 71.4 Å². The minimum absolute atomic E-state index is 0.116. The molecular weight excluding hydrogens is 498 g/mol. The molecule has 3 aromatic rings. The zero-order valence-electron chi connectivity index (χ0n) is 20.5.